The number of allylic oxidation sites excluding steroid dienone is 1. The van der Waals surface area contributed by atoms with Crippen molar-refractivity contribution in [3.63, 3.8) is 0 Å². The van der Waals surface area contributed by atoms with E-state index in [1.807, 2.05) is 41.8 Å². The predicted octanol–water partition coefficient (Wildman–Crippen LogP) is 5.86. The summed E-state index contributed by atoms with van der Waals surface area (Å²) in [5.74, 6) is 0.380. The first kappa shape index (κ1) is 28.4. The summed E-state index contributed by atoms with van der Waals surface area (Å²) >= 11 is 12.8. The fraction of sp³-hybridized carbons (Fsp3) is 0.207. The lowest BCUT2D eigenvalue weighted by Crippen LogP contribution is -2.39. The Kier molecular flexibility index (Phi) is 8.60. The van der Waals surface area contributed by atoms with Crippen molar-refractivity contribution < 1.29 is 19.0 Å². The van der Waals surface area contributed by atoms with E-state index in [0.717, 1.165) is 14.9 Å². The number of fused-ring (bicyclic) bond motifs is 1. The summed E-state index contributed by atoms with van der Waals surface area (Å²) < 4.78 is 19.9. The van der Waals surface area contributed by atoms with Gasteiger partial charge in [0.15, 0.2) is 16.3 Å². The quantitative estimate of drug-likeness (QED) is 0.222. The molecule has 1 aliphatic rings. The highest BCUT2D eigenvalue weighted by atomic mass is 79.9. The maximum absolute atomic E-state index is 13.8. The first-order valence-corrected chi connectivity index (χ1v) is 15.1. The number of methoxy groups -OCH3 is 1. The van der Waals surface area contributed by atoms with Crippen molar-refractivity contribution in [2.24, 2.45) is 4.99 Å². The van der Waals surface area contributed by atoms with Gasteiger partial charge in [0, 0.05) is 9.35 Å². The summed E-state index contributed by atoms with van der Waals surface area (Å²) in [5.41, 5.74) is 2.27. The number of ether oxygens (including phenoxy) is 3. The van der Waals surface area contributed by atoms with Gasteiger partial charge in [-0.15, -0.1) is 11.3 Å². The number of esters is 1. The second kappa shape index (κ2) is 12.1. The number of halogens is 2. The third kappa shape index (κ3) is 5.67. The zero-order chi connectivity index (χ0) is 28.4. The summed E-state index contributed by atoms with van der Waals surface area (Å²) in [5, 5.41) is 2.27. The zero-order valence-electron chi connectivity index (χ0n) is 21.8. The Morgan fingerprint density at radius 2 is 2.00 bits per heavy atom. The molecule has 206 valence electrons. The van der Waals surface area contributed by atoms with Crippen molar-refractivity contribution in [1.29, 1.82) is 0 Å². The second-order valence-electron chi connectivity index (χ2n) is 8.77. The van der Waals surface area contributed by atoms with Crippen LogP contribution in [0.1, 0.15) is 35.9 Å². The predicted molar refractivity (Wildman–Crippen MR) is 161 cm³/mol. The monoisotopic (exact) mass is 658 g/mol. The molecule has 0 amide bonds. The van der Waals surface area contributed by atoms with Crippen LogP contribution in [-0.2, 0) is 16.1 Å². The van der Waals surface area contributed by atoms with E-state index in [1.54, 1.807) is 36.6 Å². The summed E-state index contributed by atoms with van der Waals surface area (Å²) in [7, 11) is 1.54. The normalized spacial score (nSPS) is 15.0. The van der Waals surface area contributed by atoms with Crippen molar-refractivity contribution in [2.45, 2.75) is 26.5 Å². The second-order valence-corrected chi connectivity index (χ2v) is 12.1. The smallest absolute Gasteiger partial charge is 0.338 e. The molecule has 0 bridgehead atoms. The fourth-order valence-corrected chi connectivity index (χ4v) is 6.77. The van der Waals surface area contributed by atoms with Crippen molar-refractivity contribution in [1.82, 2.24) is 4.57 Å². The van der Waals surface area contributed by atoms with E-state index in [4.69, 9.17) is 25.8 Å². The van der Waals surface area contributed by atoms with Crippen LogP contribution in [0.4, 0.5) is 0 Å². The molecule has 0 spiro atoms. The van der Waals surface area contributed by atoms with Gasteiger partial charge in [-0.3, -0.25) is 9.36 Å². The summed E-state index contributed by atoms with van der Waals surface area (Å²) in [6, 6.07) is 14.5. The molecular formula is C29H24BrClN2O5S2. The molecule has 0 saturated carbocycles. The van der Waals surface area contributed by atoms with Gasteiger partial charge >= 0.3 is 5.97 Å². The summed E-state index contributed by atoms with van der Waals surface area (Å²) in [6.07, 6.45) is 1.74. The average Bonchev–Trinajstić information content (AvgIpc) is 3.56. The van der Waals surface area contributed by atoms with Gasteiger partial charge in [-0.2, -0.15) is 0 Å². The van der Waals surface area contributed by atoms with Gasteiger partial charge in [0.25, 0.3) is 5.56 Å². The molecule has 1 aliphatic heterocycles. The Balaban J connectivity index is 1.54. The Bertz CT molecular complexity index is 1780. The lowest BCUT2D eigenvalue weighted by atomic mass is 10.0. The van der Waals surface area contributed by atoms with Crippen LogP contribution in [-0.4, -0.2) is 24.3 Å². The molecule has 2 aromatic heterocycles. The van der Waals surface area contributed by atoms with Crippen LogP contribution < -0.4 is 24.4 Å². The number of thiophene rings is 1. The van der Waals surface area contributed by atoms with Crippen LogP contribution in [0.2, 0.25) is 5.02 Å². The molecule has 5 rings (SSSR count). The van der Waals surface area contributed by atoms with Crippen LogP contribution >= 0.6 is 50.2 Å². The van der Waals surface area contributed by atoms with E-state index in [2.05, 4.69) is 20.9 Å². The van der Waals surface area contributed by atoms with Crippen LogP contribution in [0.25, 0.3) is 6.08 Å². The topological polar surface area (TPSA) is 79.1 Å². The molecule has 0 fully saturated rings. The molecule has 7 nitrogen and oxygen atoms in total. The SMILES string of the molecule is CCOC(=O)C1=C(C)N=c2s/c(=C\c3cc(Cl)c(OCc4ccc(Br)cc4)c(OC)c3)c(=O)n2[C@@H]1c1cccs1. The van der Waals surface area contributed by atoms with Gasteiger partial charge in [0.1, 0.15) is 12.6 Å². The van der Waals surface area contributed by atoms with Crippen molar-refractivity contribution in [3.8, 4) is 11.5 Å². The molecule has 40 heavy (non-hydrogen) atoms. The molecule has 1 atom stereocenters. The first-order chi connectivity index (χ1) is 19.3. The number of aromatic nitrogens is 1. The highest BCUT2D eigenvalue weighted by molar-refractivity contribution is 9.10. The van der Waals surface area contributed by atoms with Gasteiger partial charge in [0.05, 0.1) is 34.5 Å². The van der Waals surface area contributed by atoms with E-state index >= 15 is 0 Å². The minimum absolute atomic E-state index is 0.225. The molecule has 2 aromatic carbocycles. The van der Waals surface area contributed by atoms with Crippen LogP contribution in [0.3, 0.4) is 0 Å². The minimum Gasteiger partial charge on any atom is -0.493 e. The molecule has 3 heterocycles. The van der Waals surface area contributed by atoms with Gasteiger partial charge in [-0.25, -0.2) is 9.79 Å². The number of carbonyl (C=O) groups is 1. The number of carbonyl (C=O) groups excluding carboxylic acids is 1. The number of hydrogen-bond acceptors (Lipinski definition) is 8. The van der Waals surface area contributed by atoms with Gasteiger partial charge < -0.3 is 14.2 Å². The van der Waals surface area contributed by atoms with Crippen LogP contribution in [0, 0.1) is 0 Å². The van der Waals surface area contributed by atoms with Gasteiger partial charge in [-0.05, 0) is 66.8 Å². The number of thiazole rings is 1. The average molecular weight is 660 g/mol. The third-order valence-corrected chi connectivity index (χ3v) is 8.89. The van der Waals surface area contributed by atoms with Crippen molar-refractivity contribution >= 4 is 62.2 Å². The Hall–Kier alpha value is -3.18. The van der Waals surface area contributed by atoms with Crippen LogP contribution in [0.5, 0.6) is 11.5 Å². The molecular weight excluding hydrogens is 636 g/mol. The number of benzene rings is 2. The van der Waals surface area contributed by atoms with E-state index in [0.29, 0.717) is 49.3 Å². The fourth-order valence-electron chi connectivity index (χ4n) is 4.36. The van der Waals surface area contributed by atoms with E-state index < -0.39 is 12.0 Å². The molecule has 4 aromatic rings. The Morgan fingerprint density at radius 3 is 2.67 bits per heavy atom. The van der Waals surface area contributed by atoms with Crippen molar-refractivity contribution in [2.75, 3.05) is 13.7 Å². The lowest BCUT2D eigenvalue weighted by Gasteiger charge is -2.23. The maximum atomic E-state index is 13.8. The molecule has 0 radical (unpaired) electrons. The molecule has 0 aliphatic carbocycles. The zero-order valence-corrected chi connectivity index (χ0v) is 25.7. The minimum atomic E-state index is -0.620. The van der Waals surface area contributed by atoms with Crippen LogP contribution in [0.15, 0.2) is 79.4 Å². The van der Waals surface area contributed by atoms with E-state index in [-0.39, 0.29) is 12.2 Å². The van der Waals surface area contributed by atoms with Crippen molar-refractivity contribution in [3.05, 3.63) is 110 Å². The maximum Gasteiger partial charge on any atom is 0.338 e. The summed E-state index contributed by atoms with van der Waals surface area (Å²) in [6.45, 7) is 4.05. The summed E-state index contributed by atoms with van der Waals surface area (Å²) in [4.78, 5) is 32.7. The number of hydrogen-bond donors (Lipinski definition) is 0. The van der Waals surface area contributed by atoms with Gasteiger partial charge in [-0.1, -0.05) is 57.1 Å². The Labute approximate surface area is 251 Å². The molecule has 0 N–H and O–H groups in total. The van der Waals surface area contributed by atoms with E-state index in [9.17, 15) is 9.59 Å². The third-order valence-electron chi connectivity index (χ3n) is 6.18. The highest BCUT2D eigenvalue weighted by Gasteiger charge is 2.33. The van der Waals surface area contributed by atoms with Gasteiger partial charge in [0.2, 0.25) is 0 Å². The standard InChI is InChI=1S/C29H24BrClN2O5S2/c1-4-37-28(35)24-16(2)32-29-33(25(24)22-6-5-11-39-22)27(34)23(40-29)14-18-12-20(31)26(21(13-18)36-3)38-15-17-7-9-19(30)10-8-17/h5-14,25H,4,15H2,1-3H3/b23-14-/t25-/m1/s1. The van der Waals surface area contributed by atoms with E-state index in [1.165, 1.54) is 29.8 Å². The number of nitrogens with zero attached hydrogens (tertiary/aromatic N) is 2. The number of rotatable bonds is 8. The molecule has 0 saturated heterocycles. The molecule has 11 heteroatoms. The molecule has 0 unspecified atom stereocenters. The lowest BCUT2D eigenvalue weighted by molar-refractivity contribution is -0.139. The first-order valence-electron chi connectivity index (χ1n) is 12.3. The Morgan fingerprint density at radius 1 is 1.23 bits per heavy atom. The highest BCUT2D eigenvalue weighted by Crippen LogP contribution is 2.37. The largest absolute Gasteiger partial charge is 0.493 e.